The van der Waals surface area contributed by atoms with Gasteiger partial charge in [0.1, 0.15) is 11.6 Å². The van der Waals surface area contributed by atoms with E-state index in [2.05, 4.69) is 25.8 Å². The maximum atomic E-state index is 13.0. The highest BCUT2D eigenvalue weighted by Gasteiger charge is 2.08. The van der Waals surface area contributed by atoms with Crippen molar-refractivity contribution in [1.82, 2.24) is 20.5 Å². The molecule has 2 aromatic carbocycles. The summed E-state index contributed by atoms with van der Waals surface area (Å²) in [4.78, 5) is 16.3. The summed E-state index contributed by atoms with van der Waals surface area (Å²) in [5, 5.41) is 12.3. The molecule has 0 fully saturated rings. The Hall–Kier alpha value is -3.22. The van der Waals surface area contributed by atoms with Crippen LogP contribution in [0.25, 0.3) is 11.4 Å². The van der Waals surface area contributed by atoms with E-state index >= 15 is 0 Å². The second kappa shape index (κ2) is 6.91. The number of carbonyl (C=O) groups is 1. The second-order valence-corrected chi connectivity index (χ2v) is 5.24. The van der Waals surface area contributed by atoms with Gasteiger partial charge in [0.25, 0.3) is 0 Å². The van der Waals surface area contributed by atoms with E-state index in [0.29, 0.717) is 22.9 Å². The minimum atomic E-state index is -0.401. The molecule has 3 N–H and O–H groups in total. The number of nitrogens with one attached hydrogen (secondary N) is 3. The van der Waals surface area contributed by atoms with Gasteiger partial charge in [0.2, 0.25) is 0 Å². The Morgan fingerprint density at radius 2 is 2.00 bits per heavy atom. The van der Waals surface area contributed by atoms with E-state index in [1.54, 1.807) is 6.92 Å². The number of anilines is 1. The third-order valence-electron chi connectivity index (χ3n) is 3.42. The van der Waals surface area contributed by atoms with Crippen molar-refractivity contribution in [3.63, 3.8) is 0 Å². The number of hydrogen-bond donors (Lipinski definition) is 3. The van der Waals surface area contributed by atoms with Gasteiger partial charge in [0.15, 0.2) is 5.82 Å². The first-order chi connectivity index (χ1) is 11.6. The first kappa shape index (κ1) is 15.7. The maximum absolute atomic E-state index is 13.0. The lowest BCUT2D eigenvalue weighted by Crippen LogP contribution is -2.28. The van der Waals surface area contributed by atoms with Crippen LogP contribution in [0.15, 0.2) is 48.5 Å². The number of urea groups is 1. The van der Waals surface area contributed by atoms with Crippen molar-refractivity contribution >= 4 is 11.7 Å². The Kier molecular flexibility index (Phi) is 4.51. The number of aromatic nitrogens is 3. The Bertz CT molecular complexity index is 847. The molecule has 1 heterocycles. The lowest BCUT2D eigenvalue weighted by Gasteiger charge is -2.09. The van der Waals surface area contributed by atoms with Crippen molar-refractivity contribution in [3.8, 4) is 11.4 Å². The van der Waals surface area contributed by atoms with Crippen LogP contribution in [0.2, 0.25) is 0 Å². The number of rotatable bonds is 4. The Morgan fingerprint density at radius 3 is 2.75 bits per heavy atom. The van der Waals surface area contributed by atoms with Crippen molar-refractivity contribution < 1.29 is 9.18 Å². The van der Waals surface area contributed by atoms with Crippen LogP contribution in [-0.2, 0) is 6.54 Å². The summed E-state index contributed by atoms with van der Waals surface area (Å²) in [6.07, 6.45) is 0. The third-order valence-corrected chi connectivity index (χ3v) is 3.42. The van der Waals surface area contributed by atoms with Crippen LogP contribution >= 0.6 is 0 Å². The summed E-state index contributed by atoms with van der Waals surface area (Å²) in [5.74, 6) is 0.774. The molecule has 0 spiro atoms. The average molecular weight is 325 g/mol. The fourth-order valence-corrected chi connectivity index (χ4v) is 2.19. The van der Waals surface area contributed by atoms with Crippen LogP contribution in [-0.4, -0.2) is 21.2 Å². The van der Waals surface area contributed by atoms with Gasteiger partial charge in [-0.1, -0.05) is 30.3 Å². The van der Waals surface area contributed by atoms with Crippen LogP contribution in [0, 0.1) is 12.7 Å². The number of benzene rings is 2. The Labute approximate surface area is 138 Å². The number of H-pyrrole nitrogens is 1. The standard InChI is InChI=1S/C17H16FN5O/c1-11-9-13(18)7-8-14(11)20-17(24)19-10-15-21-16(23-22-15)12-5-3-2-4-6-12/h2-9H,10H2,1H3,(H2,19,20,24)(H,21,22,23). The molecule has 3 rings (SSSR count). The molecule has 0 unspecified atom stereocenters. The molecule has 0 radical (unpaired) electrons. The number of aromatic amines is 1. The van der Waals surface area contributed by atoms with Crippen molar-refractivity contribution in [3.05, 3.63) is 65.7 Å². The van der Waals surface area contributed by atoms with Crippen LogP contribution in [0.1, 0.15) is 11.4 Å². The number of hydrogen-bond acceptors (Lipinski definition) is 3. The van der Waals surface area contributed by atoms with Crippen LogP contribution in [0.3, 0.4) is 0 Å². The topological polar surface area (TPSA) is 82.7 Å². The van der Waals surface area contributed by atoms with Gasteiger partial charge in [0, 0.05) is 11.3 Å². The summed E-state index contributed by atoms with van der Waals surface area (Å²) in [5.41, 5.74) is 2.10. The zero-order chi connectivity index (χ0) is 16.9. The normalized spacial score (nSPS) is 10.4. The molecule has 0 aliphatic heterocycles. The predicted octanol–water partition coefficient (Wildman–Crippen LogP) is 3.24. The molecule has 122 valence electrons. The van der Waals surface area contributed by atoms with Crippen molar-refractivity contribution in [1.29, 1.82) is 0 Å². The minimum Gasteiger partial charge on any atom is -0.331 e. The molecule has 0 saturated carbocycles. The van der Waals surface area contributed by atoms with Gasteiger partial charge in [0.05, 0.1) is 6.54 Å². The number of nitrogens with zero attached hydrogens (tertiary/aromatic N) is 2. The molecule has 1 aromatic heterocycles. The number of amides is 2. The SMILES string of the molecule is Cc1cc(F)ccc1NC(=O)NCc1nc(-c2ccccc2)n[nH]1. The van der Waals surface area contributed by atoms with Gasteiger partial charge in [-0.15, -0.1) is 0 Å². The van der Waals surface area contributed by atoms with Gasteiger partial charge in [-0.25, -0.2) is 14.2 Å². The molecule has 2 amide bonds. The zero-order valence-electron chi connectivity index (χ0n) is 13.0. The fourth-order valence-electron chi connectivity index (χ4n) is 2.19. The lowest BCUT2D eigenvalue weighted by atomic mass is 10.2. The van der Waals surface area contributed by atoms with Gasteiger partial charge in [-0.2, -0.15) is 5.10 Å². The van der Waals surface area contributed by atoms with Gasteiger partial charge in [-0.3, -0.25) is 5.10 Å². The number of aryl methyl sites for hydroxylation is 1. The van der Waals surface area contributed by atoms with Crippen molar-refractivity contribution in [2.75, 3.05) is 5.32 Å². The number of halogens is 1. The second-order valence-electron chi connectivity index (χ2n) is 5.24. The molecule has 0 bridgehead atoms. The van der Waals surface area contributed by atoms with E-state index < -0.39 is 6.03 Å². The Balaban J connectivity index is 1.58. The smallest absolute Gasteiger partial charge is 0.319 e. The van der Waals surface area contributed by atoms with E-state index in [0.717, 1.165) is 5.56 Å². The van der Waals surface area contributed by atoms with Gasteiger partial charge in [-0.05, 0) is 30.7 Å². The first-order valence-electron chi connectivity index (χ1n) is 7.39. The van der Waals surface area contributed by atoms with Crippen molar-refractivity contribution in [2.24, 2.45) is 0 Å². The van der Waals surface area contributed by atoms with E-state index in [-0.39, 0.29) is 12.4 Å². The summed E-state index contributed by atoms with van der Waals surface area (Å²) in [7, 11) is 0. The molecule has 3 aromatic rings. The monoisotopic (exact) mass is 325 g/mol. The predicted molar refractivity (Wildman–Crippen MR) is 88.8 cm³/mol. The van der Waals surface area contributed by atoms with E-state index in [4.69, 9.17) is 0 Å². The van der Waals surface area contributed by atoms with Crippen LogP contribution in [0.4, 0.5) is 14.9 Å². The third kappa shape index (κ3) is 3.75. The largest absolute Gasteiger partial charge is 0.331 e. The molecule has 0 aliphatic carbocycles. The fraction of sp³-hybridized carbons (Fsp3) is 0.118. The van der Waals surface area contributed by atoms with E-state index in [1.165, 1.54) is 18.2 Å². The molecule has 7 heteroatoms. The highest BCUT2D eigenvalue weighted by atomic mass is 19.1. The van der Waals surface area contributed by atoms with Crippen molar-refractivity contribution in [2.45, 2.75) is 13.5 Å². The molecule has 24 heavy (non-hydrogen) atoms. The highest BCUT2D eigenvalue weighted by Crippen LogP contribution is 2.15. The molecular weight excluding hydrogens is 309 g/mol. The molecule has 0 atom stereocenters. The molecule has 0 aliphatic rings. The summed E-state index contributed by atoms with van der Waals surface area (Å²) < 4.78 is 13.0. The Morgan fingerprint density at radius 1 is 1.21 bits per heavy atom. The van der Waals surface area contributed by atoms with Gasteiger partial charge < -0.3 is 10.6 Å². The summed E-state index contributed by atoms with van der Waals surface area (Å²) in [6, 6.07) is 13.3. The van der Waals surface area contributed by atoms with E-state index in [9.17, 15) is 9.18 Å². The maximum Gasteiger partial charge on any atom is 0.319 e. The first-order valence-corrected chi connectivity index (χ1v) is 7.39. The quantitative estimate of drug-likeness (QED) is 0.688. The zero-order valence-corrected chi connectivity index (χ0v) is 13.0. The lowest BCUT2D eigenvalue weighted by molar-refractivity contribution is 0.251. The minimum absolute atomic E-state index is 0.200. The van der Waals surface area contributed by atoms with Gasteiger partial charge >= 0.3 is 6.03 Å². The molecule has 0 saturated heterocycles. The van der Waals surface area contributed by atoms with E-state index in [1.807, 2.05) is 30.3 Å². The average Bonchev–Trinajstić information content (AvgIpc) is 3.05. The number of carbonyl (C=O) groups excluding carboxylic acids is 1. The molecular formula is C17H16FN5O. The van der Waals surface area contributed by atoms with Crippen LogP contribution < -0.4 is 10.6 Å². The highest BCUT2D eigenvalue weighted by molar-refractivity contribution is 5.89. The summed E-state index contributed by atoms with van der Waals surface area (Å²) in [6.45, 7) is 1.92. The summed E-state index contributed by atoms with van der Waals surface area (Å²) >= 11 is 0. The van der Waals surface area contributed by atoms with Crippen LogP contribution in [0.5, 0.6) is 0 Å². The molecule has 6 nitrogen and oxygen atoms in total.